The quantitative estimate of drug-likeness (QED) is 0.107. The van der Waals surface area contributed by atoms with Gasteiger partial charge in [0.2, 0.25) is 0 Å². The lowest BCUT2D eigenvalue weighted by atomic mass is 9.90. The molecule has 1 aliphatic carbocycles. The molecule has 0 heterocycles. The normalized spacial score (nSPS) is 15.7. The van der Waals surface area contributed by atoms with Gasteiger partial charge in [-0.25, -0.2) is 0 Å². The van der Waals surface area contributed by atoms with E-state index in [-0.39, 0.29) is 13.0 Å². The maximum absolute atomic E-state index is 10.2. The van der Waals surface area contributed by atoms with Crippen molar-refractivity contribution >= 4 is 5.71 Å². The molecule has 0 aromatic heterocycles. The first-order valence-electron chi connectivity index (χ1n) is 13.8. The van der Waals surface area contributed by atoms with Crippen LogP contribution in [0.15, 0.2) is 138 Å². The molecule has 0 amide bonds. The highest BCUT2D eigenvalue weighted by Gasteiger charge is 2.42. The van der Waals surface area contributed by atoms with Gasteiger partial charge in [0, 0.05) is 12.0 Å². The molecule has 0 aliphatic heterocycles. The molecule has 41 heavy (non-hydrogen) atoms. The smallest absolute Gasteiger partial charge is 0.178 e. The molecule has 6 nitrogen and oxygen atoms in total. The van der Waals surface area contributed by atoms with E-state index in [4.69, 9.17) is 18.9 Å². The van der Waals surface area contributed by atoms with Gasteiger partial charge in [0.05, 0.1) is 32.8 Å². The molecule has 4 aromatic rings. The summed E-state index contributed by atoms with van der Waals surface area (Å²) in [4.78, 5) is 0. The summed E-state index contributed by atoms with van der Waals surface area (Å²) in [7, 11) is 0. The van der Waals surface area contributed by atoms with Gasteiger partial charge in [-0.2, -0.15) is 0 Å². The van der Waals surface area contributed by atoms with Crippen molar-refractivity contribution in [3.8, 4) is 0 Å². The van der Waals surface area contributed by atoms with Crippen molar-refractivity contribution < 1.29 is 24.2 Å². The third kappa shape index (κ3) is 8.14. The molecule has 1 N–H and O–H groups in total. The molecule has 0 atom stereocenters. The number of hydrogen-bond acceptors (Lipinski definition) is 6. The minimum Gasteiger partial charge on any atom is -0.487 e. The van der Waals surface area contributed by atoms with E-state index in [0.29, 0.717) is 44.3 Å². The first-order chi connectivity index (χ1) is 20.2. The van der Waals surface area contributed by atoms with Crippen LogP contribution in [0.3, 0.4) is 0 Å². The van der Waals surface area contributed by atoms with Crippen LogP contribution in [0.4, 0.5) is 0 Å². The Labute approximate surface area is 241 Å². The highest BCUT2D eigenvalue weighted by molar-refractivity contribution is 6.00. The Morgan fingerprint density at radius 2 is 0.976 bits per heavy atom. The number of hydrogen-bond donors (Lipinski definition) is 1. The Morgan fingerprint density at radius 3 is 1.44 bits per heavy atom. The van der Waals surface area contributed by atoms with Crippen LogP contribution in [0, 0.1) is 0 Å². The molecule has 0 spiro atoms. The molecule has 210 valence electrons. The topological polar surface area (TPSA) is 69.5 Å². The van der Waals surface area contributed by atoms with E-state index in [1.165, 1.54) is 0 Å². The standard InChI is InChI=1S/C35H35NO5/c37-36-33-22-35(40-25-30-17-9-3-10-18-30,41-26-31-19-11-4-12-20-31)21-32(27-38-23-28-13-5-1-6-14-28)34(33)39-24-29-15-7-2-8-16-29/h1-20,37H,21-27H2/b36-33+. The van der Waals surface area contributed by atoms with E-state index >= 15 is 0 Å². The van der Waals surface area contributed by atoms with Crippen molar-refractivity contribution in [2.45, 2.75) is 45.1 Å². The van der Waals surface area contributed by atoms with Crippen LogP contribution in [0.5, 0.6) is 0 Å². The Hall–Kier alpha value is -4.23. The Morgan fingerprint density at radius 1 is 0.537 bits per heavy atom. The molecule has 0 fully saturated rings. The van der Waals surface area contributed by atoms with E-state index in [1.54, 1.807) is 0 Å². The Balaban J connectivity index is 1.42. The molecule has 0 saturated carbocycles. The van der Waals surface area contributed by atoms with Crippen LogP contribution < -0.4 is 0 Å². The van der Waals surface area contributed by atoms with Gasteiger partial charge in [-0.05, 0) is 22.3 Å². The zero-order valence-corrected chi connectivity index (χ0v) is 23.0. The average molecular weight is 550 g/mol. The van der Waals surface area contributed by atoms with Crippen molar-refractivity contribution in [2.24, 2.45) is 5.16 Å². The fraction of sp³-hybridized carbons (Fsp3) is 0.229. The summed E-state index contributed by atoms with van der Waals surface area (Å²) in [5.74, 6) is -0.565. The molecule has 6 heteroatoms. The van der Waals surface area contributed by atoms with Gasteiger partial charge in [-0.1, -0.05) is 126 Å². The van der Waals surface area contributed by atoms with Gasteiger partial charge < -0.3 is 24.2 Å². The van der Waals surface area contributed by atoms with E-state index in [0.717, 1.165) is 27.8 Å². The maximum Gasteiger partial charge on any atom is 0.178 e. The number of nitrogens with zero attached hydrogens (tertiary/aromatic N) is 1. The minimum atomic E-state index is -1.09. The van der Waals surface area contributed by atoms with Gasteiger partial charge in [0.15, 0.2) is 5.79 Å². The molecule has 1 aliphatic rings. The van der Waals surface area contributed by atoms with Gasteiger partial charge in [0.1, 0.15) is 18.1 Å². The number of allylic oxidation sites excluding steroid dienone is 1. The Bertz CT molecular complexity index is 1360. The number of rotatable bonds is 13. The molecule has 4 aromatic carbocycles. The van der Waals surface area contributed by atoms with E-state index in [1.807, 2.05) is 121 Å². The second-order valence-electron chi connectivity index (χ2n) is 10.0. The summed E-state index contributed by atoms with van der Waals surface area (Å²) in [6, 6.07) is 39.9. The summed E-state index contributed by atoms with van der Waals surface area (Å²) < 4.78 is 25.6. The molecular weight excluding hydrogens is 514 g/mol. The fourth-order valence-electron chi connectivity index (χ4n) is 4.81. The van der Waals surface area contributed by atoms with Crippen LogP contribution in [0.25, 0.3) is 0 Å². The second-order valence-corrected chi connectivity index (χ2v) is 10.0. The van der Waals surface area contributed by atoms with E-state index in [2.05, 4.69) is 5.16 Å². The minimum absolute atomic E-state index is 0.218. The summed E-state index contributed by atoms with van der Waals surface area (Å²) in [5.41, 5.74) is 5.31. The van der Waals surface area contributed by atoms with Crippen LogP contribution >= 0.6 is 0 Å². The summed E-state index contributed by atoms with van der Waals surface area (Å²) in [6.07, 6.45) is 0.611. The lowest BCUT2D eigenvalue weighted by Crippen LogP contribution is -2.43. The zero-order chi connectivity index (χ0) is 28.2. The first kappa shape index (κ1) is 28.3. The van der Waals surface area contributed by atoms with E-state index in [9.17, 15) is 5.21 Å². The van der Waals surface area contributed by atoms with Gasteiger partial charge in [-0.15, -0.1) is 0 Å². The molecule has 5 rings (SSSR count). The maximum atomic E-state index is 10.2. The SMILES string of the molecule is O/N=C1\CC(OCc2ccccc2)(OCc2ccccc2)CC(COCc2ccccc2)=C1OCc1ccccc1. The molecule has 0 radical (unpaired) electrons. The number of benzene rings is 4. The predicted molar refractivity (Wildman–Crippen MR) is 158 cm³/mol. The number of oxime groups is 1. The molecular formula is C35H35NO5. The van der Waals surface area contributed by atoms with Crippen LogP contribution in [0.1, 0.15) is 35.1 Å². The van der Waals surface area contributed by atoms with Crippen molar-refractivity contribution in [2.75, 3.05) is 6.61 Å². The van der Waals surface area contributed by atoms with Crippen molar-refractivity contribution in [3.63, 3.8) is 0 Å². The molecule has 0 bridgehead atoms. The Kier molecular flexibility index (Phi) is 9.95. The number of ether oxygens (including phenoxy) is 4. The van der Waals surface area contributed by atoms with Crippen LogP contribution in [0.2, 0.25) is 0 Å². The highest BCUT2D eigenvalue weighted by Crippen LogP contribution is 2.38. The largest absolute Gasteiger partial charge is 0.487 e. The third-order valence-electron chi connectivity index (χ3n) is 6.93. The second kappa shape index (κ2) is 14.4. The van der Waals surface area contributed by atoms with Gasteiger partial charge in [0.25, 0.3) is 0 Å². The average Bonchev–Trinajstić information content (AvgIpc) is 3.04. The zero-order valence-electron chi connectivity index (χ0n) is 23.0. The lowest BCUT2D eigenvalue weighted by molar-refractivity contribution is -0.247. The predicted octanol–water partition coefficient (Wildman–Crippen LogP) is 7.43. The molecule has 0 unspecified atom stereocenters. The van der Waals surface area contributed by atoms with Crippen LogP contribution in [-0.4, -0.2) is 23.3 Å². The summed E-state index contributed by atoms with van der Waals surface area (Å²) >= 11 is 0. The lowest BCUT2D eigenvalue weighted by Gasteiger charge is -2.39. The van der Waals surface area contributed by atoms with Crippen molar-refractivity contribution in [1.29, 1.82) is 0 Å². The first-order valence-corrected chi connectivity index (χ1v) is 13.8. The van der Waals surface area contributed by atoms with Crippen LogP contribution in [-0.2, 0) is 45.4 Å². The summed E-state index contributed by atoms with van der Waals surface area (Å²) in [5, 5.41) is 13.9. The molecule has 0 saturated heterocycles. The van der Waals surface area contributed by atoms with Gasteiger partial charge in [-0.3, -0.25) is 0 Å². The third-order valence-corrected chi connectivity index (χ3v) is 6.93. The van der Waals surface area contributed by atoms with E-state index < -0.39 is 5.79 Å². The fourth-order valence-corrected chi connectivity index (χ4v) is 4.81. The van der Waals surface area contributed by atoms with Crippen molar-refractivity contribution in [3.05, 3.63) is 155 Å². The summed E-state index contributed by atoms with van der Waals surface area (Å²) in [6.45, 7) is 1.72. The highest BCUT2D eigenvalue weighted by atomic mass is 16.7. The van der Waals surface area contributed by atoms with Crippen molar-refractivity contribution in [1.82, 2.24) is 0 Å². The monoisotopic (exact) mass is 549 g/mol. The van der Waals surface area contributed by atoms with Gasteiger partial charge >= 0.3 is 0 Å².